The zero-order valence-electron chi connectivity index (χ0n) is 5.48. The number of carbonyl (C=O) groups is 2. The van der Waals surface area contributed by atoms with Crippen molar-refractivity contribution in [1.82, 2.24) is 0 Å². The molecular weight excluding hydrogens is 138 g/mol. The molecular formula is C5H9NO4. The van der Waals surface area contributed by atoms with Crippen LogP contribution in [0, 0.1) is 0 Å². The van der Waals surface area contributed by atoms with Crippen LogP contribution in [0.15, 0.2) is 0 Å². The summed E-state index contributed by atoms with van der Waals surface area (Å²) in [6.07, 6.45) is -2.93. The van der Waals surface area contributed by atoms with Gasteiger partial charge in [-0.1, -0.05) is 0 Å². The first kappa shape index (κ1) is 8.90. The second kappa shape index (κ2) is 3.84. The molecule has 5 nitrogen and oxygen atoms in total. The van der Waals surface area contributed by atoms with Crippen molar-refractivity contribution in [2.45, 2.75) is 19.1 Å². The Morgan fingerprint density at radius 3 is 2.40 bits per heavy atom. The van der Waals surface area contributed by atoms with E-state index in [-0.39, 0.29) is 0 Å². The zero-order chi connectivity index (χ0) is 8.15. The number of aliphatic hydroxyl groups excluding tert-OH is 1. The quantitative estimate of drug-likeness (QED) is 0.502. The summed E-state index contributed by atoms with van der Waals surface area (Å²) in [4.78, 5) is 20.0. The molecule has 0 aliphatic carbocycles. The van der Waals surface area contributed by atoms with Gasteiger partial charge in [-0.15, -0.1) is 0 Å². The molecule has 2 unspecified atom stereocenters. The van der Waals surface area contributed by atoms with Gasteiger partial charge in [0.25, 0.3) is 0 Å². The van der Waals surface area contributed by atoms with Crippen LogP contribution in [0.4, 0.5) is 4.79 Å². The number of aliphatic hydroxyl groups is 1. The summed E-state index contributed by atoms with van der Waals surface area (Å²) >= 11 is 0. The number of ether oxygens (including phenoxy) is 1. The van der Waals surface area contributed by atoms with Gasteiger partial charge in [0, 0.05) is 0 Å². The van der Waals surface area contributed by atoms with Crippen molar-refractivity contribution < 1.29 is 19.4 Å². The van der Waals surface area contributed by atoms with Crippen LogP contribution in [-0.2, 0) is 9.53 Å². The first-order valence-corrected chi connectivity index (χ1v) is 2.67. The van der Waals surface area contributed by atoms with E-state index in [4.69, 9.17) is 5.11 Å². The van der Waals surface area contributed by atoms with Crippen LogP contribution in [0.1, 0.15) is 6.92 Å². The highest BCUT2D eigenvalue weighted by Crippen LogP contribution is 1.94. The molecule has 0 rings (SSSR count). The third kappa shape index (κ3) is 3.03. The summed E-state index contributed by atoms with van der Waals surface area (Å²) in [5, 5.41) is 8.70. The van der Waals surface area contributed by atoms with Gasteiger partial charge in [-0.2, -0.15) is 0 Å². The van der Waals surface area contributed by atoms with Gasteiger partial charge in [-0.25, -0.2) is 4.79 Å². The van der Waals surface area contributed by atoms with E-state index in [1.807, 2.05) is 0 Å². The Hall–Kier alpha value is -1.10. The van der Waals surface area contributed by atoms with Crippen molar-refractivity contribution in [1.29, 1.82) is 0 Å². The molecule has 0 aliphatic heterocycles. The molecule has 0 saturated carbocycles. The molecule has 0 saturated heterocycles. The van der Waals surface area contributed by atoms with E-state index in [0.717, 1.165) is 0 Å². The molecule has 2 atom stereocenters. The molecule has 0 heterocycles. The number of hydrogen-bond donors (Lipinski definition) is 2. The van der Waals surface area contributed by atoms with E-state index in [0.29, 0.717) is 6.29 Å². The third-order valence-corrected chi connectivity index (χ3v) is 0.862. The van der Waals surface area contributed by atoms with E-state index in [1.165, 1.54) is 6.92 Å². The fraction of sp³-hybridized carbons (Fsp3) is 0.600. The lowest BCUT2D eigenvalue weighted by atomic mass is 10.2. The second-order valence-electron chi connectivity index (χ2n) is 1.78. The average molecular weight is 147 g/mol. The average Bonchev–Trinajstić information content (AvgIpc) is 1.81. The van der Waals surface area contributed by atoms with Crippen molar-refractivity contribution >= 4 is 12.4 Å². The molecule has 5 heteroatoms. The van der Waals surface area contributed by atoms with Crippen LogP contribution < -0.4 is 5.73 Å². The number of rotatable bonds is 3. The lowest BCUT2D eigenvalue weighted by Gasteiger charge is -2.11. The van der Waals surface area contributed by atoms with Crippen LogP contribution in [0.2, 0.25) is 0 Å². The lowest BCUT2D eigenvalue weighted by molar-refractivity contribution is -0.119. The SMILES string of the molecule is CC(O)C(C=O)OC(N)=O. The van der Waals surface area contributed by atoms with Gasteiger partial charge in [-0.05, 0) is 6.92 Å². The zero-order valence-corrected chi connectivity index (χ0v) is 5.48. The molecule has 0 aliphatic rings. The Labute approximate surface area is 57.8 Å². The molecule has 0 spiro atoms. The van der Waals surface area contributed by atoms with E-state index in [2.05, 4.69) is 10.5 Å². The minimum Gasteiger partial charge on any atom is -0.436 e. The summed E-state index contributed by atoms with van der Waals surface area (Å²) < 4.78 is 4.18. The minimum absolute atomic E-state index is 0.315. The minimum atomic E-state index is -1.16. The highest BCUT2D eigenvalue weighted by molar-refractivity contribution is 5.69. The third-order valence-electron chi connectivity index (χ3n) is 0.862. The maximum atomic E-state index is 10.0. The summed E-state index contributed by atoms with van der Waals surface area (Å²) in [7, 11) is 0. The van der Waals surface area contributed by atoms with Crippen LogP contribution >= 0.6 is 0 Å². The smallest absolute Gasteiger partial charge is 0.405 e. The normalized spacial score (nSPS) is 15.4. The summed E-state index contributed by atoms with van der Waals surface area (Å²) in [6.45, 7) is 1.32. The number of nitrogens with two attached hydrogens (primary N) is 1. The number of primary amides is 1. The Balaban J connectivity index is 3.83. The summed E-state index contributed by atoms with van der Waals surface area (Å²) in [5.74, 6) is 0. The topological polar surface area (TPSA) is 89.6 Å². The van der Waals surface area contributed by atoms with E-state index >= 15 is 0 Å². The number of amides is 1. The molecule has 0 fully saturated rings. The molecule has 58 valence electrons. The van der Waals surface area contributed by atoms with Crippen LogP contribution in [0.25, 0.3) is 0 Å². The first-order valence-electron chi connectivity index (χ1n) is 2.67. The van der Waals surface area contributed by atoms with Crippen LogP contribution in [0.3, 0.4) is 0 Å². The first-order chi connectivity index (χ1) is 4.57. The van der Waals surface area contributed by atoms with Gasteiger partial charge >= 0.3 is 6.09 Å². The maximum absolute atomic E-state index is 10.0. The molecule has 0 aromatic rings. The predicted molar refractivity (Wildman–Crippen MR) is 32.2 cm³/mol. The number of carbonyl (C=O) groups excluding carboxylic acids is 2. The van der Waals surface area contributed by atoms with E-state index in [9.17, 15) is 9.59 Å². The molecule has 1 amide bonds. The Morgan fingerprint density at radius 2 is 2.30 bits per heavy atom. The number of aldehydes is 1. The van der Waals surface area contributed by atoms with Crippen LogP contribution in [0.5, 0.6) is 0 Å². The van der Waals surface area contributed by atoms with Crippen molar-refractivity contribution in [2.75, 3.05) is 0 Å². The van der Waals surface area contributed by atoms with Crippen molar-refractivity contribution in [2.24, 2.45) is 5.73 Å². The standard InChI is InChI=1S/C5H9NO4/c1-3(8)4(2-7)10-5(6)9/h2-4,8H,1H3,(H2,6,9). The fourth-order valence-corrected chi connectivity index (χ4v) is 0.374. The van der Waals surface area contributed by atoms with Crippen LogP contribution in [-0.4, -0.2) is 29.7 Å². The van der Waals surface area contributed by atoms with Gasteiger partial charge in [0.2, 0.25) is 0 Å². The Bertz CT molecular complexity index is 134. The Morgan fingerprint density at radius 1 is 1.80 bits per heavy atom. The molecule has 3 N–H and O–H groups in total. The van der Waals surface area contributed by atoms with Gasteiger partial charge in [0.15, 0.2) is 12.4 Å². The van der Waals surface area contributed by atoms with Gasteiger partial charge in [-0.3, -0.25) is 4.79 Å². The second-order valence-corrected chi connectivity index (χ2v) is 1.78. The monoisotopic (exact) mass is 147 g/mol. The van der Waals surface area contributed by atoms with E-state index < -0.39 is 18.3 Å². The van der Waals surface area contributed by atoms with Crippen molar-refractivity contribution in [3.05, 3.63) is 0 Å². The summed E-state index contributed by atoms with van der Waals surface area (Å²) in [5.41, 5.74) is 4.58. The van der Waals surface area contributed by atoms with Crippen molar-refractivity contribution in [3.63, 3.8) is 0 Å². The molecule has 0 aromatic carbocycles. The molecule has 0 radical (unpaired) electrons. The largest absolute Gasteiger partial charge is 0.436 e. The Kier molecular flexibility index (Phi) is 3.42. The fourth-order valence-electron chi connectivity index (χ4n) is 0.374. The maximum Gasteiger partial charge on any atom is 0.405 e. The number of hydrogen-bond acceptors (Lipinski definition) is 4. The highest BCUT2D eigenvalue weighted by atomic mass is 16.6. The summed E-state index contributed by atoms with van der Waals surface area (Å²) in [6, 6.07) is 0. The predicted octanol–water partition coefficient (Wildman–Crippen LogP) is -0.970. The van der Waals surface area contributed by atoms with E-state index in [1.54, 1.807) is 0 Å². The lowest BCUT2D eigenvalue weighted by Crippen LogP contribution is -2.32. The molecule has 0 bridgehead atoms. The van der Waals surface area contributed by atoms with Gasteiger partial charge in [0.1, 0.15) is 0 Å². The van der Waals surface area contributed by atoms with Gasteiger partial charge in [0.05, 0.1) is 6.10 Å². The molecule has 10 heavy (non-hydrogen) atoms. The molecule has 0 aromatic heterocycles. The van der Waals surface area contributed by atoms with Gasteiger partial charge < -0.3 is 15.6 Å². The highest BCUT2D eigenvalue weighted by Gasteiger charge is 2.16. The van der Waals surface area contributed by atoms with Crippen molar-refractivity contribution in [3.8, 4) is 0 Å².